The van der Waals surface area contributed by atoms with Crippen LogP contribution < -0.4 is 0 Å². The summed E-state index contributed by atoms with van der Waals surface area (Å²) in [5.41, 5.74) is 1.06. The Bertz CT molecular complexity index is 522. The van der Waals surface area contributed by atoms with Crippen molar-refractivity contribution in [3.63, 3.8) is 0 Å². The lowest BCUT2D eigenvalue weighted by Gasteiger charge is -1.97. The van der Waals surface area contributed by atoms with Crippen LogP contribution in [0.15, 0.2) is 24.5 Å². The third kappa shape index (κ3) is 2.18. The van der Waals surface area contributed by atoms with E-state index in [1.807, 2.05) is 0 Å². The first kappa shape index (κ1) is 10.6. The number of imidazole rings is 1. The van der Waals surface area contributed by atoms with Gasteiger partial charge in [0.25, 0.3) is 0 Å². The Morgan fingerprint density at radius 1 is 1.62 bits per heavy atom. The zero-order chi connectivity index (χ0) is 11.5. The SMILES string of the molecule is CCOC(=O)Cc1cn2ccc(F)cc2n1. The van der Waals surface area contributed by atoms with Gasteiger partial charge in [0.05, 0.1) is 18.7 Å². The number of nitrogens with zero attached hydrogens (tertiary/aromatic N) is 2. The molecule has 0 amide bonds. The number of carbonyl (C=O) groups is 1. The number of ether oxygens (including phenoxy) is 1. The van der Waals surface area contributed by atoms with Gasteiger partial charge in [0.1, 0.15) is 11.5 Å². The Labute approximate surface area is 91.7 Å². The van der Waals surface area contributed by atoms with Gasteiger partial charge in [-0.25, -0.2) is 9.37 Å². The van der Waals surface area contributed by atoms with E-state index < -0.39 is 0 Å². The molecule has 2 heterocycles. The number of hydrogen-bond acceptors (Lipinski definition) is 3. The van der Waals surface area contributed by atoms with Gasteiger partial charge in [-0.05, 0) is 13.0 Å². The molecular weight excluding hydrogens is 211 g/mol. The number of pyridine rings is 1. The van der Waals surface area contributed by atoms with Crippen molar-refractivity contribution in [2.45, 2.75) is 13.3 Å². The fourth-order valence-corrected chi connectivity index (χ4v) is 1.45. The van der Waals surface area contributed by atoms with Crippen molar-refractivity contribution in [3.05, 3.63) is 36.0 Å². The summed E-state index contributed by atoms with van der Waals surface area (Å²) in [5, 5.41) is 0. The number of hydrogen-bond donors (Lipinski definition) is 0. The van der Waals surface area contributed by atoms with Crippen LogP contribution in [-0.2, 0) is 16.0 Å². The topological polar surface area (TPSA) is 43.6 Å². The van der Waals surface area contributed by atoms with Crippen LogP contribution in [0.4, 0.5) is 4.39 Å². The van der Waals surface area contributed by atoms with Crippen LogP contribution in [0.2, 0.25) is 0 Å². The second-order valence-electron chi connectivity index (χ2n) is 3.32. The average molecular weight is 222 g/mol. The van der Waals surface area contributed by atoms with E-state index in [0.717, 1.165) is 0 Å². The van der Waals surface area contributed by atoms with E-state index in [2.05, 4.69) is 4.98 Å². The van der Waals surface area contributed by atoms with E-state index in [9.17, 15) is 9.18 Å². The van der Waals surface area contributed by atoms with E-state index in [-0.39, 0.29) is 18.2 Å². The van der Waals surface area contributed by atoms with Crippen molar-refractivity contribution < 1.29 is 13.9 Å². The minimum Gasteiger partial charge on any atom is -0.466 e. The van der Waals surface area contributed by atoms with Crippen LogP contribution in [0.3, 0.4) is 0 Å². The lowest BCUT2D eigenvalue weighted by Crippen LogP contribution is -2.07. The molecule has 0 saturated heterocycles. The first-order chi connectivity index (χ1) is 7.69. The maximum atomic E-state index is 12.9. The Hall–Kier alpha value is -1.91. The molecule has 0 saturated carbocycles. The summed E-state index contributed by atoms with van der Waals surface area (Å²) in [7, 11) is 0. The van der Waals surface area contributed by atoms with Gasteiger partial charge in [-0.15, -0.1) is 0 Å². The molecule has 0 unspecified atom stereocenters. The van der Waals surface area contributed by atoms with Crippen LogP contribution in [-0.4, -0.2) is 22.0 Å². The number of esters is 1. The highest BCUT2D eigenvalue weighted by molar-refractivity contribution is 5.72. The average Bonchev–Trinajstić information content (AvgIpc) is 2.59. The number of rotatable bonds is 3. The van der Waals surface area contributed by atoms with Crippen LogP contribution in [0.1, 0.15) is 12.6 Å². The molecule has 16 heavy (non-hydrogen) atoms. The van der Waals surface area contributed by atoms with Gasteiger partial charge in [0, 0.05) is 18.5 Å². The van der Waals surface area contributed by atoms with Gasteiger partial charge in [-0.1, -0.05) is 0 Å². The molecule has 0 radical (unpaired) electrons. The summed E-state index contributed by atoms with van der Waals surface area (Å²) < 4.78 is 19.4. The normalized spacial score (nSPS) is 10.6. The minimum atomic E-state index is -0.346. The van der Waals surface area contributed by atoms with Crippen molar-refractivity contribution in [1.82, 2.24) is 9.38 Å². The fourth-order valence-electron chi connectivity index (χ4n) is 1.45. The lowest BCUT2D eigenvalue weighted by atomic mass is 10.3. The standard InChI is InChI=1S/C11H11FN2O2/c1-2-16-11(15)6-9-7-14-4-3-8(12)5-10(14)13-9/h3-5,7H,2,6H2,1H3. The molecule has 0 aliphatic carbocycles. The summed E-state index contributed by atoms with van der Waals surface area (Å²) >= 11 is 0. The molecule has 4 nitrogen and oxygen atoms in total. The molecule has 2 aromatic rings. The second kappa shape index (κ2) is 4.30. The third-order valence-electron chi connectivity index (χ3n) is 2.10. The Kier molecular flexibility index (Phi) is 2.85. The lowest BCUT2D eigenvalue weighted by molar-refractivity contribution is -0.142. The van der Waals surface area contributed by atoms with Crippen molar-refractivity contribution in [1.29, 1.82) is 0 Å². The van der Waals surface area contributed by atoms with Crippen molar-refractivity contribution in [2.75, 3.05) is 6.61 Å². The molecule has 0 N–H and O–H groups in total. The Morgan fingerprint density at radius 2 is 2.44 bits per heavy atom. The van der Waals surface area contributed by atoms with E-state index in [4.69, 9.17) is 4.74 Å². The summed E-state index contributed by atoms with van der Waals surface area (Å²) in [6, 6.07) is 2.65. The number of aromatic nitrogens is 2. The first-order valence-electron chi connectivity index (χ1n) is 4.98. The molecule has 0 atom stereocenters. The molecule has 2 aromatic heterocycles. The summed E-state index contributed by atoms with van der Waals surface area (Å²) in [6.07, 6.45) is 3.36. The monoisotopic (exact) mass is 222 g/mol. The van der Waals surface area contributed by atoms with E-state index >= 15 is 0 Å². The smallest absolute Gasteiger partial charge is 0.311 e. The highest BCUT2D eigenvalue weighted by atomic mass is 19.1. The van der Waals surface area contributed by atoms with Crippen molar-refractivity contribution in [2.24, 2.45) is 0 Å². The molecule has 0 fully saturated rings. The Morgan fingerprint density at radius 3 is 3.19 bits per heavy atom. The van der Waals surface area contributed by atoms with Crippen LogP contribution in [0, 0.1) is 5.82 Å². The first-order valence-corrected chi connectivity index (χ1v) is 4.98. The predicted molar refractivity (Wildman–Crippen MR) is 55.5 cm³/mol. The molecule has 0 aromatic carbocycles. The predicted octanol–water partition coefficient (Wildman–Crippen LogP) is 1.58. The molecule has 0 aliphatic heterocycles. The summed E-state index contributed by atoms with van der Waals surface area (Å²) in [6.45, 7) is 2.10. The van der Waals surface area contributed by atoms with Crippen molar-refractivity contribution >= 4 is 11.6 Å². The van der Waals surface area contributed by atoms with E-state index in [0.29, 0.717) is 17.9 Å². The van der Waals surface area contributed by atoms with E-state index in [1.165, 1.54) is 12.1 Å². The molecule has 2 rings (SSSR count). The number of halogens is 1. The zero-order valence-electron chi connectivity index (χ0n) is 8.81. The maximum absolute atomic E-state index is 12.9. The third-order valence-corrected chi connectivity index (χ3v) is 2.10. The number of carbonyl (C=O) groups excluding carboxylic acids is 1. The van der Waals surface area contributed by atoms with Crippen LogP contribution >= 0.6 is 0 Å². The Balaban J connectivity index is 2.23. The maximum Gasteiger partial charge on any atom is 0.311 e. The molecule has 0 spiro atoms. The summed E-state index contributed by atoms with van der Waals surface area (Å²) in [5.74, 6) is -0.674. The summed E-state index contributed by atoms with van der Waals surface area (Å²) in [4.78, 5) is 15.3. The van der Waals surface area contributed by atoms with Gasteiger partial charge < -0.3 is 9.14 Å². The van der Waals surface area contributed by atoms with Gasteiger partial charge in [0.2, 0.25) is 0 Å². The molecule has 5 heteroatoms. The van der Waals surface area contributed by atoms with Gasteiger partial charge in [0.15, 0.2) is 0 Å². The van der Waals surface area contributed by atoms with Crippen LogP contribution in [0.5, 0.6) is 0 Å². The van der Waals surface area contributed by atoms with Gasteiger partial charge in [-0.3, -0.25) is 4.79 Å². The highest BCUT2D eigenvalue weighted by Crippen LogP contribution is 2.08. The quantitative estimate of drug-likeness (QED) is 0.740. The zero-order valence-corrected chi connectivity index (χ0v) is 8.81. The minimum absolute atomic E-state index is 0.108. The van der Waals surface area contributed by atoms with E-state index in [1.54, 1.807) is 23.7 Å². The van der Waals surface area contributed by atoms with Gasteiger partial charge in [-0.2, -0.15) is 0 Å². The fraction of sp³-hybridized carbons (Fsp3) is 0.273. The van der Waals surface area contributed by atoms with Crippen molar-refractivity contribution in [3.8, 4) is 0 Å². The molecule has 84 valence electrons. The molecule has 0 bridgehead atoms. The van der Waals surface area contributed by atoms with Gasteiger partial charge >= 0.3 is 5.97 Å². The largest absolute Gasteiger partial charge is 0.466 e. The second-order valence-corrected chi connectivity index (χ2v) is 3.32. The van der Waals surface area contributed by atoms with Crippen LogP contribution in [0.25, 0.3) is 5.65 Å². The molecular formula is C11H11FN2O2. The molecule has 0 aliphatic rings. The highest BCUT2D eigenvalue weighted by Gasteiger charge is 2.08. The number of fused-ring (bicyclic) bond motifs is 1.